The van der Waals surface area contributed by atoms with E-state index in [-0.39, 0.29) is 10.8 Å². The molecule has 0 spiro atoms. The second-order valence-corrected chi connectivity index (χ2v) is 5.63. The Morgan fingerprint density at radius 1 is 1.24 bits per heavy atom. The second kappa shape index (κ2) is 4.85. The minimum atomic E-state index is -3.60. The van der Waals surface area contributed by atoms with Crippen LogP contribution in [0, 0.1) is 0 Å². The molecule has 92 valence electrons. The fourth-order valence-corrected chi connectivity index (χ4v) is 2.99. The lowest BCUT2D eigenvalue weighted by atomic mass is 10.1. The lowest BCUT2D eigenvalue weighted by Gasteiger charge is -2.22. The minimum absolute atomic E-state index is 0.179. The van der Waals surface area contributed by atoms with E-state index in [9.17, 15) is 13.2 Å². The highest BCUT2D eigenvalue weighted by Gasteiger charge is 2.27. The third-order valence-corrected chi connectivity index (χ3v) is 4.12. The SMILES string of the molecule is O=C1NCCCC1NS(=O)(=O)c1ccccc1. The lowest BCUT2D eigenvalue weighted by Crippen LogP contribution is -2.50. The van der Waals surface area contributed by atoms with E-state index in [4.69, 9.17) is 0 Å². The Bertz CT molecular complexity index is 499. The molecule has 0 radical (unpaired) electrons. The van der Waals surface area contributed by atoms with Gasteiger partial charge in [-0.25, -0.2) is 8.42 Å². The number of carbonyl (C=O) groups excluding carboxylic acids is 1. The van der Waals surface area contributed by atoms with E-state index in [1.807, 2.05) is 0 Å². The van der Waals surface area contributed by atoms with Gasteiger partial charge in [0.05, 0.1) is 4.90 Å². The van der Waals surface area contributed by atoms with E-state index >= 15 is 0 Å². The topological polar surface area (TPSA) is 75.3 Å². The predicted octanol–water partition coefficient (Wildman–Crippen LogP) is 0.243. The van der Waals surface area contributed by atoms with Gasteiger partial charge in [0, 0.05) is 6.54 Å². The van der Waals surface area contributed by atoms with E-state index < -0.39 is 16.1 Å². The summed E-state index contributed by atoms with van der Waals surface area (Å²) < 4.78 is 26.3. The smallest absolute Gasteiger partial charge is 0.241 e. The van der Waals surface area contributed by atoms with Crippen molar-refractivity contribution in [2.24, 2.45) is 0 Å². The van der Waals surface area contributed by atoms with Crippen molar-refractivity contribution in [3.8, 4) is 0 Å². The monoisotopic (exact) mass is 254 g/mol. The van der Waals surface area contributed by atoms with Gasteiger partial charge in [-0.2, -0.15) is 4.72 Å². The molecule has 0 bridgehead atoms. The van der Waals surface area contributed by atoms with Crippen LogP contribution in [0.15, 0.2) is 35.2 Å². The lowest BCUT2D eigenvalue weighted by molar-refractivity contribution is -0.124. The first-order valence-corrected chi connectivity index (χ1v) is 6.93. The van der Waals surface area contributed by atoms with Gasteiger partial charge < -0.3 is 5.32 Å². The summed E-state index contributed by atoms with van der Waals surface area (Å²) in [6, 6.07) is 7.39. The first-order chi connectivity index (χ1) is 8.09. The van der Waals surface area contributed by atoms with Crippen molar-refractivity contribution in [1.29, 1.82) is 0 Å². The molecule has 17 heavy (non-hydrogen) atoms. The van der Waals surface area contributed by atoms with Crippen molar-refractivity contribution in [2.75, 3.05) is 6.54 Å². The molecule has 1 aliphatic heterocycles. The molecule has 1 amide bonds. The van der Waals surface area contributed by atoms with Crippen LogP contribution in [0.2, 0.25) is 0 Å². The maximum Gasteiger partial charge on any atom is 0.241 e. The van der Waals surface area contributed by atoms with Gasteiger partial charge in [-0.3, -0.25) is 4.79 Å². The number of sulfonamides is 1. The van der Waals surface area contributed by atoms with Crippen LogP contribution in [0.5, 0.6) is 0 Å². The number of rotatable bonds is 3. The standard InChI is InChI=1S/C11H14N2O3S/c14-11-10(7-4-8-12-11)13-17(15,16)9-5-2-1-3-6-9/h1-3,5-6,10,13H,4,7-8H2,(H,12,14). The van der Waals surface area contributed by atoms with Gasteiger partial charge in [-0.05, 0) is 25.0 Å². The van der Waals surface area contributed by atoms with Crippen LogP contribution >= 0.6 is 0 Å². The van der Waals surface area contributed by atoms with Gasteiger partial charge in [0.2, 0.25) is 15.9 Å². The molecule has 6 heteroatoms. The largest absolute Gasteiger partial charge is 0.355 e. The number of hydrogen-bond donors (Lipinski definition) is 2. The fraction of sp³-hybridized carbons (Fsp3) is 0.364. The Hall–Kier alpha value is -1.40. The molecule has 1 saturated heterocycles. The number of carbonyl (C=O) groups is 1. The highest BCUT2D eigenvalue weighted by atomic mass is 32.2. The Morgan fingerprint density at radius 3 is 2.59 bits per heavy atom. The predicted molar refractivity (Wildman–Crippen MR) is 62.8 cm³/mol. The summed E-state index contributed by atoms with van der Waals surface area (Å²) in [5, 5.41) is 2.64. The van der Waals surface area contributed by atoms with Gasteiger partial charge in [-0.15, -0.1) is 0 Å². The van der Waals surface area contributed by atoms with E-state index in [0.29, 0.717) is 13.0 Å². The molecule has 0 saturated carbocycles. The van der Waals surface area contributed by atoms with Gasteiger partial charge in [-0.1, -0.05) is 18.2 Å². The highest BCUT2D eigenvalue weighted by molar-refractivity contribution is 7.89. The van der Waals surface area contributed by atoms with E-state index in [1.165, 1.54) is 12.1 Å². The van der Waals surface area contributed by atoms with Crippen molar-refractivity contribution in [3.63, 3.8) is 0 Å². The van der Waals surface area contributed by atoms with Gasteiger partial charge in [0.1, 0.15) is 6.04 Å². The molecule has 0 aliphatic carbocycles. The molecular weight excluding hydrogens is 240 g/mol. The summed E-state index contributed by atoms with van der Waals surface area (Å²) >= 11 is 0. The molecule has 1 aromatic carbocycles. The maximum atomic E-state index is 12.0. The maximum absolute atomic E-state index is 12.0. The average Bonchev–Trinajstić information content (AvgIpc) is 2.33. The summed E-state index contributed by atoms with van der Waals surface area (Å²) in [5.41, 5.74) is 0. The summed E-state index contributed by atoms with van der Waals surface area (Å²) in [4.78, 5) is 11.6. The van der Waals surface area contributed by atoms with Crippen LogP contribution in [0.25, 0.3) is 0 Å². The van der Waals surface area contributed by atoms with Gasteiger partial charge >= 0.3 is 0 Å². The fourth-order valence-electron chi connectivity index (χ4n) is 1.74. The van der Waals surface area contributed by atoms with Crippen molar-refractivity contribution in [2.45, 2.75) is 23.8 Å². The highest BCUT2D eigenvalue weighted by Crippen LogP contribution is 2.11. The number of benzene rings is 1. The third-order valence-electron chi connectivity index (χ3n) is 2.64. The van der Waals surface area contributed by atoms with Gasteiger partial charge in [0.25, 0.3) is 0 Å². The molecular formula is C11H14N2O3S. The Morgan fingerprint density at radius 2 is 1.94 bits per heavy atom. The van der Waals surface area contributed by atoms with Crippen molar-refractivity contribution in [1.82, 2.24) is 10.0 Å². The number of nitrogens with one attached hydrogen (secondary N) is 2. The van der Waals surface area contributed by atoms with Crippen LogP contribution < -0.4 is 10.0 Å². The first kappa shape index (κ1) is 12.1. The molecule has 5 nitrogen and oxygen atoms in total. The number of hydrogen-bond acceptors (Lipinski definition) is 3. The average molecular weight is 254 g/mol. The molecule has 2 rings (SSSR count). The summed E-state index contributed by atoms with van der Waals surface area (Å²) in [6.07, 6.45) is 1.33. The van der Waals surface area contributed by atoms with E-state index in [2.05, 4.69) is 10.0 Å². The first-order valence-electron chi connectivity index (χ1n) is 5.45. The van der Waals surface area contributed by atoms with Crippen LogP contribution in [0.4, 0.5) is 0 Å². The number of piperidine rings is 1. The van der Waals surface area contributed by atoms with Crippen LogP contribution in [-0.2, 0) is 14.8 Å². The van der Waals surface area contributed by atoms with Crippen molar-refractivity contribution in [3.05, 3.63) is 30.3 Å². The second-order valence-electron chi connectivity index (χ2n) is 3.92. The molecule has 1 aliphatic rings. The zero-order chi connectivity index (χ0) is 12.3. The molecule has 2 N–H and O–H groups in total. The zero-order valence-corrected chi connectivity index (χ0v) is 10.0. The van der Waals surface area contributed by atoms with Crippen molar-refractivity contribution >= 4 is 15.9 Å². The quantitative estimate of drug-likeness (QED) is 0.811. The molecule has 1 fully saturated rings. The molecule has 1 unspecified atom stereocenters. The van der Waals surface area contributed by atoms with Crippen LogP contribution in [0.1, 0.15) is 12.8 Å². The van der Waals surface area contributed by atoms with Crippen molar-refractivity contribution < 1.29 is 13.2 Å². The van der Waals surface area contributed by atoms with E-state index in [1.54, 1.807) is 18.2 Å². The van der Waals surface area contributed by atoms with Crippen LogP contribution in [-0.4, -0.2) is 26.9 Å². The molecule has 1 atom stereocenters. The Labute approximate surface area is 100 Å². The Balaban J connectivity index is 2.15. The Kier molecular flexibility index (Phi) is 3.44. The van der Waals surface area contributed by atoms with Crippen LogP contribution in [0.3, 0.4) is 0 Å². The minimum Gasteiger partial charge on any atom is -0.355 e. The summed E-state index contributed by atoms with van der Waals surface area (Å²) in [5.74, 6) is -0.254. The molecule has 1 heterocycles. The zero-order valence-electron chi connectivity index (χ0n) is 9.22. The molecule has 0 aromatic heterocycles. The summed E-state index contributed by atoms with van der Waals surface area (Å²) in [6.45, 7) is 0.613. The summed E-state index contributed by atoms with van der Waals surface area (Å²) in [7, 11) is -3.60. The number of amides is 1. The van der Waals surface area contributed by atoms with E-state index in [0.717, 1.165) is 6.42 Å². The normalized spacial score (nSPS) is 20.9. The molecule has 1 aromatic rings. The van der Waals surface area contributed by atoms with Gasteiger partial charge in [0.15, 0.2) is 0 Å². The third kappa shape index (κ3) is 2.83.